The Hall–Kier alpha value is -3.76. The van der Waals surface area contributed by atoms with Gasteiger partial charge in [0, 0.05) is 43.0 Å². The summed E-state index contributed by atoms with van der Waals surface area (Å²) in [7, 11) is 0. The molecule has 1 saturated carbocycles. The van der Waals surface area contributed by atoms with Crippen molar-refractivity contribution >= 4 is 29.5 Å². The molecule has 2 aliphatic rings. The molecule has 0 spiro atoms. The SMILES string of the molecule is O=C(O)CC1CCC(OC(=O)N2CCc3cc(NC(=O)Nc4cc(F)c(F)c(F)c4)ccc3C2)CC1. The van der Waals surface area contributed by atoms with Crippen LogP contribution >= 0.6 is 0 Å². The van der Waals surface area contributed by atoms with E-state index in [0.29, 0.717) is 50.2 Å². The van der Waals surface area contributed by atoms with E-state index < -0.39 is 35.5 Å². The third-order valence-corrected chi connectivity index (χ3v) is 6.50. The molecule has 0 atom stereocenters. The van der Waals surface area contributed by atoms with Gasteiger partial charge in [-0.3, -0.25) is 4.79 Å². The molecule has 3 amide bonds. The van der Waals surface area contributed by atoms with Crippen molar-refractivity contribution in [1.82, 2.24) is 4.90 Å². The highest BCUT2D eigenvalue weighted by Crippen LogP contribution is 2.30. The number of carboxylic acid groups (broad SMARTS) is 1. The zero-order valence-electron chi connectivity index (χ0n) is 19.4. The fraction of sp³-hybridized carbons (Fsp3) is 0.400. The van der Waals surface area contributed by atoms with Crippen molar-refractivity contribution in [3.8, 4) is 0 Å². The van der Waals surface area contributed by atoms with Crippen molar-refractivity contribution in [2.24, 2.45) is 5.92 Å². The first-order valence-corrected chi connectivity index (χ1v) is 11.7. The van der Waals surface area contributed by atoms with Crippen molar-refractivity contribution in [2.45, 2.75) is 51.2 Å². The standard InChI is InChI=1S/C25H26F3N3O5/c26-20-11-18(12-21(27)23(20)28)30-24(34)29-17-4-3-16-13-31(8-7-15(16)10-17)25(35)36-19-5-1-14(2-6-19)9-22(32)33/h3-4,10-12,14,19H,1-2,5-9,13H2,(H,32,33)(H2,29,30,34). The van der Waals surface area contributed by atoms with E-state index in [9.17, 15) is 27.6 Å². The van der Waals surface area contributed by atoms with Gasteiger partial charge in [0.1, 0.15) is 6.10 Å². The molecule has 3 N–H and O–H groups in total. The van der Waals surface area contributed by atoms with Crippen molar-refractivity contribution in [2.75, 3.05) is 17.2 Å². The molecule has 4 rings (SSSR count). The number of carbonyl (C=O) groups excluding carboxylic acids is 2. The maximum absolute atomic E-state index is 13.3. The van der Waals surface area contributed by atoms with Crippen LogP contribution < -0.4 is 10.6 Å². The largest absolute Gasteiger partial charge is 0.481 e. The Bertz CT molecular complexity index is 1140. The first-order valence-electron chi connectivity index (χ1n) is 11.7. The Morgan fingerprint density at radius 1 is 0.944 bits per heavy atom. The number of rotatable bonds is 5. The molecule has 0 aromatic heterocycles. The summed E-state index contributed by atoms with van der Waals surface area (Å²) in [6.07, 6.45) is 2.83. The van der Waals surface area contributed by atoms with Crippen molar-refractivity contribution in [3.63, 3.8) is 0 Å². The molecule has 192 valence electrons. The molecule has 11 heteroatoms. The second-order valence-corrected chi connectivity index (χ2v) is 9.11. The Labute approximate surface area is 205 Å². The summed E-state index contributed by atoms with van der Waals surface area (Å²) in [5.41, 5.74) is 2.05. The van der Waals surface area contributed by atoms with Gasteiger partial charge in [0.2, 0.25) is 0 Å². The van der Waals surface area contributed by atoms with E-state index >= 15 is 0 Å². The minimum absolute atomic E-state index is 0.127. The lowest BCUT2D eigenvalue weighted by molar-refractivity contribution is -0.138. The molecule has 1 aliphatic heterocycles. The van der Waals surface area contributed by atoms with Crippen molar-refractivity contribution in [3.05, 3.63) is 58.9 Å². The lowest BCUT2D eigenvalue weighted by Gasteiger charge is -2.32. The van der Waals surface area contributed by atoms with E-state index in [2.05, 4.69) is 10.6 Å². The molecule has 0 radical (unpaired) electrons. The van der Waals surface area contributed by atoms with Crippen LogP contribution in [0.5, 0.6) is 0 Å². The maximum atomic E-state index is 13.3. The number of nitrogens with one attached hydrogen (secondary N) is 2. The van der Waals surface area contributed by atoms with Crippen molar-refractivity contribution < 1.29 is 37.4 Å². The van der Waals surface area contributed by atoms with Crippen LogP contribution in [0.3, 0.4) is 0 Å². The first kappa shape index (κ1) is 25.3. The fourth-order valence-corrected chi connectivity index (χ4v) is 4.63. The fourth-order valence-electron chi connectivity index (χ4n) is 4.63. The minimum atomic E-state index is -1.61. The molecule has 1 fully saturated rings. The van der Waals surface area contributed by atoms with Crippen LogP contribution in [-0.4, -0.2) is 40.7 Å². The molecule has 0 unspecified atom stereocenters. The zero-order valence-corrected chi connectivity index (χ0v) is 19.4. The number of ether oxygens (including phenoxy) is 1. The van der Waals surface area contributed by atoms with Crippen LogP contribution in [-0.2, 0) is 22.5 Å². The highest BCUT2D eigenvalue weighted by atomic mass is 19.2. The van der Waals surface area contributed by atoms with Gasteiger partial charge in [-0.1, -0.05) is 6.07 Å². The van der Waals surface area contributed by atoms with Gasteiger partial charge in [0.05, 0.1) is 0 Å². The van der Waals surface area contributed by atoms with E-state index in [1.54, 1.807) is 23.1 Å². The Kier molecular flexibility index (Phi) is 7.66. The molecule has 0 saturated heterocycles. The number of nitrogens with zero attached hydrogens (tertiary/aromatic N) is 1. The Balaban J connectivity index is 1.28. The van der Waals surface area contributed by atoms with Gasteiger partial charge in [-0.15, -0.1) is 0 Å². The second-order valence-electron chi connectivity index (χ2n) is 9.11. The monoisotopic (exact) mass is 505 g/mol. The van der Waals surface area contributed by atoms with Gasteiger partial charge in [0.15, 0.2) is 17.5 Å². The molecule has 36 heavy (non-hydrogen) atoms. The Morgan fingerprint density at radius 2 is 1.61 bits per heavy atom. The summed E-state index contributed by atoms with van der Waals surface area (Å²) in [4.78, 5) is 37.3. The summed E-state index contributed by atoms with van der Waals surface area (Å²) < 4.78 is 45.4. The van der Waals surface area contributed by atoms with E-state index in [4.69, 9.17) is 9.84 Å². The molecular weight excluding hydrogens is 479 g/mol. The van der Waals surface area contributed by atoms with Gasteiger partial charge in [-0.2, -0.15) is 0 Å². The van der Waals surface area contributed by atoms with Gasteiger partial charge in [-0.05, 0) is 61.3 Å². The maximum Gasteiger partial charge on any atom is 0.410 e. The molecule has 1 aliphatic carbocycles. The van der Waals surface area contributed by atoms with Crippen LogP contribution in [0.25, 0.3) is 0 Å². The van der Waals surface area contributed by atoms with E-state index in [1.165, 1.54) is 0 Å². The number of hydrogen-bond donors (Lipinski definition) is 3. The highest BCUT2D eigenvalue weighted by Gasteiger charge is 2.28. The van der Waals surface area contributed by atoms with Crippen LogP contribution in [0.2, 0.25) is 0 Å². The lowest BCUT2D eigenvalue weighted by Crippen LogP contribution is -2.39. The molecule has 2 aromatic carbocycles. The van der Waals surface area contributed by atoms with Crippen LogP contribution in [0.4, 0.5) is 34.1 Å². The second kappa shape index (κ2) is 10.9. The van der Waals surface area contributed by atoms with E-state index in [1.807, 2.05) is 0 Å². The number of halogens is 3. The summed E-state index contributed by atoms with van der Waals surface area (Å²) in [6.45, 7) is 0.785. The summed E-state index contributed by atoms with van der Waals surface area (Å²) >= 11 is 0. The predicted molar refractivity (Wildman–Crippen MR) is 124 cm³/mol. The molecule has 0 bridgehead atoms. The normalized spacial score (nSPS) is 19.2. The van der Waals surface area contributed by atoms with Crippen LogP contribution in [0.15, 0.2) is 30.3 Å². The Morgan fingerprint density at radius 3 is 2.28 bits per heavy atom. The average molecular weight is 505 g/mol. The summed E-state index contributed by atoms with van der Waals surface area (Å²) in [5.74, 6) is -5.11. The van der Waals surface area contributed by atoms with Gasteiger partial charge in [-0.25, -0.2) is 22.8 Å². The predicted octanol–water partition coefficient (Wildman–Crippen LogP) is 5.28. The quantitative estimate of drug-likeness (QED) is 0.480. The molecule has 8 nitrogen and oxygen atoms in total. The smallest absolute Gasteiger partial charge is 0.410 e. The van der Waals surface area contributed by atoms with Crippen LogP contribution in [0.1, 0.15) is 43.2 Å². The summed E-state index contributed by atoms with van der Waals surface area (Å²) in [6, 6.07) is 5.79. The number of anilines is 2. The number of benzene rings is 2. The topological polar surface area (TPSA) is 108 Å². The van der Waals surface area contributed by atoms with Gasteiger partial charge >= 0.3 is 18.1 Å². The van der Waals surface area contributed by atoms with E-state index in [-0.39, 0.29) is 24.1 Å². The molecule has 2 aromatic rings. The minimum Gasteiger partial charge on any atom is -0.481 e. The number of amides is 3. The number of hydrogen-bond acceptors (Lipinski definition) is 4. The molecular formula is C25H26F3N3O5. The van der Waals surface area contributed by atoms with E-state index in [0.717, 1.165) is 24.0 Å². The summed E-state index contributed by atoms with van der Waals surface area (Å²) in [5, 5.41) is 13.7. The third-order valence-electron chi connectivity index (χ3n) is 6.50. The molecule has 1 heterocycles. The number of fused-ring (bicyclic) bond motifs is 1. The average Bonchev–Trinajstić information content (AvgIpc) is 2.83. The number of carboxylic acids is 1. The van der Waals surface area contributed by atoms with Crippen LogP contribution in [0, 0.1) is 23.4 Å². The highest BCUT2D eigenvalue weighted by molar-refractivity contribution is 5.99. The first-order chi connectivity index (χ1) is 17.2. The number of aliphatic carboxylic acids is 1. The number of urea groups is 1. The van der Waals surface area contributed by atoms with Gasteiger partial charge < -0.3 is 25.4 Å². The lowest BCUT2D eigenvalue weighted by atomic mass is 9.85. The van der Waals surface area contributed by atoms with Gasteiger partial charge in [0.25, 0.3) is 0 Å². The zero-order chi connectivity index (χ0) is 25.8. The van der Waals surface area contributed by atoms with Crippen molar-refractivity contribution in [1.29, 1.82) is 0 Å². The third kappa shape index (κ3) is 6.27. The number of carbonyl (C=O) groups is 3.